The van der Waals surface area contributed by atoms with Crippen LogP contribution in [0.15, 0.2) is 52.8 Å². The molecule has 0 saturated heterocycles. The summed E-state index contributed by atoms with van der Waals surface area (Å²) in [5.41, 5.74) is 7.10. The molecule has 3 aliphatic carbocycles. The topological polar surface area (TPSA) is 96.7 Å². The van der Waals surface area contributed by atoms with Gasteiger partial charge in [0, 0.05) is 18.2 Å². The Balaban J connectivity index is 0.000000178. The lowest BCUT2D eigenvalue weighted by Crippen LogP contribution is -2.16. The van der Waals surface area contributed by atoms with E-state index >= 15 is 0 Å². The number of pyridine rings is 1. The quantitative estimate of drug-likeness (QED) is 0.421. The molecular weight excluding hydrogens is 382 g/mol. The van der Waals surface area contributed by atoms with E-state index in [1.165, 1.54) is 44.6 Å². The van der Waals surface area contributed by atoms with E-state index < -0.39 is 12.1 Å². The fourth-order valence-electron chi connectivity index (χ4n) is 4.50. The smallest absolute Gasteiger partial charge is 0.478 e. The van der Waals surface area contributed by atoms with E-state index in [2.05, 4.69) is 42.6 Å². The maximum atomic E-state index is 10.3. The molecule has 0 radical (unpaired) electrons. The predicted molar refractivity (Wildman–Crippen MR) is 114 cm³/mol. The number of carboxylic acids is 1. The van der Waals surface area contributed by atoms with Gasteiger partial charge in [0.25, 0.3) is 0 Å². The van der Waals surface area contributed by atoms with Gasteiger partial charge in [0.1, 0.15) is 0 Å². The lowest BCUT2D eigenvalue weighted by atomic mass is 9.76. The summed E-state index contributed by atoms with van der Waals surface area (Å²) < 4.78 is 4.16. The molecular formula is C24H29NO5. The highest BCUT2D eigenvalue weighted by molar-refractivity contribution is 5.87. The Kier molecular flexibility index (Phi) is 6.44. The molecule has 1 atom stereocenters. The molecule has 4 bridgehead atoms. The van der Waals surface area contributed by atoms with E-state index in [4.69, 9.17) is 10.2 Å². The lowest BCUT2D eigenvalue weighted by molar-refractivity contribution is 0.0696. The predicted octanol–water partition coefficient (Wildman–Crippen LogP) is 6.02. The summed E-state index contributed by atoms with van der Waals surface area (Å²) in [6.45, 7) is 7.08. The van der Waals surface area contributed by atoms with E-state index in [-0.39, 0.29) is 11.4 Å². The number of allylic oxidation sites excluding steroid dienone is 6. The molecule has 4 rings (SSSR count). The average molecular weight is 411 g/mol. The van der Waals surface area contributed by atoms with Crippen molar-refractivity contribution in [1.29, 1.82) is 0 Å². The molecule has 0 spiro atoms. The molecule has 30 heavy (non-hydrogen) atoms. The van der Waals surface area contributed by atoms with Crippen LogP contribution in [0.1, 0.15) is 69.7 Å². The van der Waals surface area contributed by atoms with Crippen molar-refractivity contribution in [2.24, 2.45) is 11.3 Å². The summed E-state index contributed by atoms with van der Waals surface area (Å²) in [5, 5.41) is 16.6. The number of hydrogen-bond acceptors (Lipinski definition) is 4. The molecule has 1 aromatic rings. The number of unbranched alkanes of at least 4 members (excludes halogenated alkanes) is 3. The Morgan fingerprint density at radius 2 is 1.93 bits per heavy atom. The average Bonchev–Trinajstić information content (AvgIpc) is 3.27. The molecule has 3 aliphatic rings. The number of hydrogen-bond donors (Lipinski definition) is 2. The van der Waals surface area contributed by atoms with Crippen molar-refractivity contribution in [3.05, 3.63) is 58.3 Å². The Hall–Kier alpha value is -2.89. The third kappa shape index (κ3) is 4.64. The number of rotatable bonds is 7. The summed E-state index contributed by atoms with van der Waals surface area (Å²) in [6.07, 6.45) is 12.8. The second-order valence-electron chi connectivity index (χ2n) is 8.65. The third-order valence-corrected chi connectivity index (χ3v) is 5.98. The molecule has 1 heterocycles. The molecule has 0 aliphatic heterocycles. The number of aromatic carboxylic acids is 1. The summed E-state index contributed by atoms with van der Waals surface area (Å²) in [4.78, 5) is 23.8. The van der Waals surface area contributed by atoms with Crippen molar-refractivity contribution in [3.8, 4) is 5.88 Å². The molecule has 6 heteroatoms. The first-order valence-electron chi connectivity index (χ1n) is 10.5. The van der Waals surface area contributed by atoms with Gasteiger partial charge >= 0.3 is 12.1 Å². The Morgan fingerprint density at radius 3 is 2.47 bits per heavy atom. The van der Waals surface area contributed by atoms with Gasteiger partial charge < -0.3 is 14.9 Å². The van der Waals surface area contributed by atoms with Crippen molar-refractivity contribution < 1.29 is 24.5 Å². The summed E-state index contributed by atoms with van der Waals surface area (Å²) in [7, 11) is 0. The van der Waals surface area contributed by atoms with Crippen LogP contribution in [-0.2, 0) is 0 Å². The molecule has 0 fully saturated rings. The van der Waals surface area contributed by atoms with E-state index in [0.29, 0.717) is 5.41 Å². The first-order chi connectivity index (χ1) is 14.2. The van der Waals surface area contributed by atoms with Crippen LogP contribution >= 0.6 is 0 Å². The van der Waals surface area contributed by atoms with Gasteiger partial charge in [0.15, 0.2) is 0 Å². The Labute approximate surface area is 177 Å². The molecule has 1 unspecified atom stereocenters. The maximum Gasteiger partial charge on any atom is 0.512 e. The van der Waals surface area contributed by atoms with Crippen molar-refractivity contribution in [2.75, 3.05) is 0 Å². The van der Waals surface area contributed by atoms with Crippen LogP contribution in [0, 0.1) is 11.3 Å². The van der Waals surface area contributed by atoms with Gasteiger partial charge in [-0.1, -0.05) is 52.2 Å². The second kappa shape index (κ2) is 8.86. The van der Waals surface area contributed by atoms with Crippen LogP contribution < -0.4 is 4.74 Å². The SMILES string of the molecule is CCCCCCC1=CC2=C3C=C1C2CC3(C)C.O=C(O)Oc1ccc(C(=O)O)cn1. The monoisotopic (exact) mass is 411 g/mol. The van der Waals surface area contributed by atoms with Gasteiger partial charge in [-0.05, 0) is 53.0 Å². The zero-order valence-corrected chi connectivity index (χ0v) is 17.8. The minimum absolute atomic E-state index is 0.0299. The highest BCUT2D eigenvalue weighted by Gasteiger charge is 2.46. The zero-order chi connectivity index (χ0) is 21.9. The highest BCUT2D eigenvalue weighted by Crippen LogP contribution is 2.60. The Bertz CT molecular complexity index is 921. The normalized spacial score (nSPS) is 19.8. The van der Waals surface area contributed by atoms with Gasteiger partial charge in [0.05, 0.1) is 5.56 Å². The zero-order valence-electron chi connectivity index (χ0n) is 17.8. The lowest BCUT2D eigenvalue weighted by Gasteiger charge is -2.28. The summed E-state index contributed by atoms with van der Waals surface area (Å²) in [5.74, 6) is -0.493. The minimum Gasteiger partial charge on any atom is -0.478 e. The van der Waals surface area contributed by atoms with Gasteiger partial charge in [-0.2, -0.15) is 0 Å². The molecule has 0 aromatic carbocycles. The van der Waals surface area contributed by atoms with E-state index in [0.717, 1.165) is 18.2 Å². The maximum absolute atomic E-state index is 10.3. The Morgan fingerprint density at radius 1 is 1.17 bits per heavy atom. The molecule has 0 amide bonds. The number of carboxylic acid groups (broad SMARTS) is 2. The van der Waals surface area contributed by atoms with Gasteiger partial charge in [0.2, 0.25) is 5.88 Å². The van der Waals surface area contributed by atoms with Gasteiger partial charge in [-0.25, -0.2) is 14.6 Å². The van der Waals surface area contributed by atoms with Crippen LogP contribution in [0.5, 0.6) is 5.88 Å². The molecule has 1 aromatic heterocycles. The van der Waals surface area contributed by atoms with E-state index in [1.54, 1.807) is 22.3 Å². The molecule has 0 saturated carbocycles. The summed E-state index contributed by atoms with van der Waals surface area (Å²) >= 11 is 0. The van der Waals surface area contributed by atoms with Gasteiger partial charge in [-0.3, -0.25) is 0 Å². The number of carbonyl (C=O) groups is 2. The molecule has 6 nitrogen and oxygen atoms in total. The van der Waals surface area contributed by atoms with Crippen LogP contribution in [0.3, 0.4) is 0 Å². The van der Waals surface area contributed by atoms with E-state index in [9.17, 15) is 9.59 Å². The van der Waals surface area contributed by atoms with Crippen LogP contribution in [0.2, 0.25) is 0 Å². The largest absolute Gasteiger partial charge is 0.512 e. The molecule has 2 N–H and O–H groups in total. The van der Waals surface area contributed by atoms with Crippen molar-refractivity contribution in [3.63, 3.8) is 0 Å². The number of aromatic nitrogens is 1. The number of ether oxygens (including phenoxy) is 1. The van der Waals surface area contributed by atoms with Crippen LogP contribution in [0.4, 0.5) is 4.79 Å². The minimum atomic E-state index is -1.49. The number of nitrogens with zero attached hydrogens (tertiary/aromatic N) is 1. The third-order valence-electron chi connectivity index (χ3n) is 5.98. The van der Waals surface area contributed by atoms with Crippen molar-refractivity contribution in [2.45, 2.75) is 59.3 Å². The second-order valence-corrected chi connectivity index (χ2v) is 8.65. The van der Waals surface area contributed by atoms with Crippen molar-refractivity contribution >= 4 is 12.1 Å². The molecule has 160 valence electrons. The van der Waals surface area contributed by atoms with Crippen molar-refractivity contribution in [1.82, 2.24) is 4.98 Å². The van der Waals surface area contributed by atoms with Crippen LogP contribution in [0.25, 0.3) is 0 Å². The van der Waals surface area contributed by atoms with Gasteiger partial charge in [-0.15, -0.1) is 0 Å². The van der Waals surface area contributed by atoms with Crippen LogP contribution in [-0.4, -0.2) is 27.3 Å². The standard InChI is InChI=1S/C17H24.C7H5NO5/c1-4-5-6-7-8-12-9-14-15-11-17(2,3)16(14)10-13(12)15;9-6(10)4-1-2-5(8-3-4)13-7(11)12/h9-10,15H,4-8,11H2,1-3H3;1-3H,(H,9,10)(H,11,12). The highest BCUT2D eigenvalue weighted by atomic mass is 16.7. The fourth-order valence-corrected chi connectivity index (χ4v) is 4.50. The summed E-state index contributed by atoms with van der Waals surface area (Å²) in [6, 6.07) is 2.37. The van der Waals surface area contributed by atoms with E-state index in [1.807, 2.05) is 0 Å². The first-order valence-corrected chi connectivity index (χ1v) is 10.5. The first kappa shape index (κ1) is 21.8. The fraction of sp³-hybridized carbons (Fsp3) is 0.458.